The van der Waals surface area contributed by atoms with E-state index in [9.17, 15) is 9.59 Å². The second-order valence-electron chi connectivity index (χ2n) is 6.77. The predicted molar refractivity (Wildman–Crippen MR) is 102 cm³/mol. The molecular weight excluding hydrogens is 348 g/mol. The number of fused-ring (bicyclic) bond motifs is 1. The first kappa shape index (κ1) is 17.2. The van der Waals surface area contributed by atoms with Gasteiger partial charge in [0.25, 0.3) is 11.8 Å². The van der Waals surface area contributed by atoms with Crippen molar-refractivity contribution in [2.45, 2.75) is 38.1 Å². The molecule has 0 spiro atoms. The van der Waals surface area contributed by atoms with Crippen molar-refractivity contribution in [3.8, 4) is 0 Å². The summed E-state index contributed by atoms with van der Waals surface area (Å²) in [5.41, 5.74) is 2.27. The van der Waals surface area contributed by atoms with Crippen LogP contribution in [0.25, 0.3) is 0 Å². The van der Waals surface area contributed by atoms with Gasteiger partial charge in [-0.1, -0.05) is 0 Å². The average molecular weight is 370 g/mol. The maximum atomic E-state index is 13.0. The first-order valence-electron chi connectivity index (χ1n) is 9.10. The van der Waals surface area contributed by atoms with Gasteiger partial charge < -0.3 is 16.0 Å². The summed E-state index contributed by atoms with van der Waals surface area (Å²) in [7, 11) is 0. The lowest BCUT2D eigenvalue weighted by molar-refractivity contribution is 0.0940. The Hall–Kier alpha value is -2.25. The van der Waals surface area contributed by atoms with Crippen LogP contribution in [0.3, 0.4) is 0 Å². The van der Waals surface area contributed by atoms with Crippen molar-refractivity contribution in [3.05, 3.63) is 46.1 Å². The summed E-state index contributed by atoms with van der Waals surface area (Å²) in [5.74, 6) is -0.298. The molecule has 2 amide bonds. The summed E-state index contributed by atoms with van der Waals surface area (Å²) in [6, 6.07) is 3.61. The number of aromatic nitrogens is 1. The molecule has 3 heterocycles. The minimum Gasteiger partial charge on any atom is -0.348 e. The molecule has 4 rings (SSSR count). The van der Waals surface area contributed by atoms with Gasteiger partial charge >= 0.3 is 0 Å². The van der Waals surface area contributed by atoms with E-state index < -0.39 is 0 Å². The molecule has 0 radical (unpaired) electrons. The van der Waals surface area contributed by atoms with E-state index in [0.717, 1.165) is 50.8 Å². The Morgan fingerprint density at radius 2 is 2.12 bits per heavy atom. The first-order chi connectivity index (χ1) is 12.7. The van der Waals surface area contributed by atoms with Crippen molar-refractivity contribution in [1.82, 2.24) is 15.6 Å². The number of aryl methyl sites for hydroxylation is 1. The third-order valence-corrected chi connectivity index (χ3v) is 6.15. The zero-order chi connectivity index (χ0) is 17.9. The lowest BCUT2D eigenvalue weighted by Crippen LogP contribution is -2.37. The molecule has 2 aromatic rings. The lowest BCUT2D eigenvalue weighted by atomic mass is 9.95. The van der Waals surface area contributed by atoms with E-state index in [1.165, 1.54) is 11.1 Å². The standard InChI is InChI=1S/C19H22N4O2S/c24-17(12-4-3-8-20-10-12)23-19-16(14-5-1-2-6-15(14)26-19)18(25)22-13-7-9-21-11-13/h3-4,8,10,13,21H,1-2,5-7,9,11H2,(H,22,25)(H,23,24). The number of thiophene rings is 1. The van der Waals surface area contributed by atoms with Crippen LogP contribution in [0.2, 0.25) is 0 Å². The number of hydrogen-bond donors (Lipinski definition) is 3. The molecule has 1 saturated heterocycles. The number of carbonyl (C=O) groups is 2. The topological polar surface area (TPSA) is 83.1 Å². The van der Waals surface area contributed by atoms with Crippen molar-refractivity contribution in [2.75, 3.05) is 18.4 Å². The molecule has 0 saturated carbocycles. The number of nitrogens with one attached hydrogen (secondary N) is 3. The molecule has 1 aliphatic carbocycles. The van der Waals surface area contributed by atoms with Gasteiger partial charge in [-0.2, -0.15) is 0 Å². The van der Waals surface area contributed by atoms with Gasteiger partial charge in [-0.3, -0.25) is 14.6 Å². The van der Waals surface area contributed by atoms with Crippen LogP contribution >= 0.6 is 11.3 Å². The summed E-state index contributed by atoms with van der Waals surface area (Å²) in [6.07, 6.45) is 8.22. The van der Waals surface area contributed by atoms with Crippen LogP contribution in [-0.2, 0) is 12.8 Å². The van der Waals surface area contributed by atoms with Crippen LogP contribution < -0.4 is 16.0 Å². The van der Waals surface area contributed by atoms with E-state index in [-0.39, 0.29) is 17.9 Å². The SMILES string of the molecule is O=C(Nc1sc2c(c1C(=O)NC1CCNC1)CCCC2)c1cccnc1. The van der Waals surface area contributed by atoms with Gasteiger partial charge in [-0.15, -0.1) is 11.3 Å². The Labute approximate surface area is 156 Å². The van der Waals surface area contributed by atoms with Gasteiger partial charge in [-0.25, -0.2) is 0 Å². The molecular formula is C19H22N4O2S. The summed E-state index contributed by atoms with van der Waals surface area (Å²) in [5, 5.41) is 10.0. The molecule has 26 heavy (non-hydrogen) atoms. The van der Waals surface area contributed by atoms with Gasteiger partial charge in [-0.05, 0) is 56.3 Å². The number of hydrogen-bond acceptors (Lipinski definition) is 5. The molecule has 1 atom stereocenters. The van der Waals surface area contributed by atoms with Gasteiger partial charge in [0.05, 0.1) is 11.1 Å². The zero-order valence-electron chi connectivity index (χ0n) is 14.5. The summed E-state index contributed by atoms with van der Waals surface area (Å²) in [4.78, 5) is 30.8. The Kier molecular flexibility index (Phi) is 4.99. The third kappa shape index (κ3) is 3.50. The second kappa shape index (κ2) is 7.55. The largest absolute Gasteiger partial charge is 0.348 e. The van der Waals surface area contributed by atoms with Crippen molar-refractivity contribution in [2.24, 2.45) is 0 Å². The highest BCUT2D eigenvalue weighted by molar-refractivity contribution is 7.17. The fourth-order valence-electron chi connectivity index (χ4n) is 3.60. The van der Waals surface area contributed by atoms with Crippen LogP contribution in [0.5, 0.6) is 0 Å². The zero-order valence-corrected chi connectivity index (χ0v) is 15.3. The maximum absolute atomic E-state index is 13.0. The highest BCUT2D eigenvalue weighted by Crippen LogP contribution is 2.38. The number of rotatable bonds is 4. The van der Waals surface area contributed by atoms with Crippen molar-refractivity contribution in [3.63, 3.8) is 0 Å². The Morgan fingerprint density at radius 3 is 2.88 bits per heavy atom. The van der Waals surface area contributed by atoms with Crippen molar-refractivity contribution in [1.29, 1.82) is 0 Å². The number of amides is 2. The average Bonchev–Trinajstić information content (AvgIpc) is 3.29. The van der Waals surface area contributed by atoms with Gasteiger partial charge in [0.15, 0.2) is 0 Å². The molecule has 1 fully saturated rings. The Balaban J connectivity index is 1.61. The number of pyridine rings is 1. The minimum absolute atomic E-state index is 0.0698. The molecule has 6 nitrogen and oxygen atoms in total. The molecule has 0 bridgehead atoms. The van der Waals surface area contributed by atoms with Crippen LogP contribution in [0.15, 0.2) is 24.5 Å². The predicted octanol–water partition coefficient (Wildman–Crippen LogP) is 2.37. The van der Waals surface area contributed by atoms with E-state index >= 15 is 0 Å². The number of carbonyl (C=O) groups excluding carboxylic acids is 2. The van der Waals surface area contributed by atoms with Gasteiger partial charge in [0, 0.05) is 29.9 Å². The molecule has 3 N–H and O–H groups in total. The highest BCUT2D eigenvalue weighted by Gasteiger charge is 2.28. The third-order valence-electron chi connectivity index (χ3n) is 4.94. The number of anilines is 1. The number of nitrogens with zero attached hydrogens (tertiary/aromatic N) is 1. The van der Waals surface area contributed by atoms with Crippen molar-refractivity contribution < 1.29 is 9.59 Å². The van der Waals surface area contributed by atoms with Gasteiger partial charge in [0.1, 0.15) is 5.00 Å². The molecule has 1 unspecified atom stereocenters. The Morgan fingerprint density at radius 1 is 1.23 bits per heavy atom. The molecule has 136 valence electrons. The first-order valence-corrected chi connectivity index (χ1v) is 9.91. The quantitative estimate of drug-likeness (QED) is 0.772. The fourth-order valence-corrected chi connectivity index (χ4v) is 4.88. The summed E-state index contributed by atoms with van der Waals surface area (Å²) < 4.78 is 0. The van der Waals surface area contributed by atoms with Crippen LogP contribution in [0.4, 0.5) is 5.00 Å². The van der Waals surface area contributed by atoms with E-state index in [4.69, 9.17) is 0 Å². The van der Waals surface area contributed by atoms with Gasteiger partial charge in [0.2, 0.25) is 0 Å². The van der Waals surface area contributed by atoms with Crippen LogP contribution in [-0.4, -0.2) is 35.9 Å². The summed E-state index contributed by atoms with van der Waals surface area (Å²) in [6.45, 7) is 1.73. The normalized spacial score (nSPS) is 19.0. The van der Waals surface area contributed by atoms with E-state index in [2.05, 4.69) is 20.9 Å². The Bertz CT molecular complexity index is 812. The van der Waals surface area contributed by atoms with Crippen LogP contribution in [0.1, 0.15) is 50.4 Å². The monoisotopic (exact) mass is 370 g/mol. The molecule has 0 aromatic carbocycles. The smallest absolute Gasteiger partial charge is 0.257 e. The van der Waals surface area contributed by atoms with Crippen molar-refractivity contribution >= 4 is 28.2 Å². The molecule has 2 aliphatic rings. The molecule has 7 heteroatoms. The lowest BCUT2D eigenvalue weighted by Gasteiger charge is -2.15. The second-order valence-corrected chi connectivity index (χ2v) is 7.88. The van der Waals surface area contributed by atoms with E-state index in [1.807, 2.05) is 0 Å². The summed E-state index contributed by atoms with van der Waals surface area (Å²) >= 11 is 1.54. The molecule has 2 aromatic heterocycles. The highest BCUT2D eigenvalue weighted by atomic mass is 32.1. The van der Waals surface area contributed by atoms with E-state index in [1.54, 1.807) is 29.7 Å². The maximum Gasteiger partial charge on any atom is 0.257 e. The fraction of sp³-hybridized carbons (Fsp3) is 0.421. The molecule has 1 aliphatic heterocycles. The van der Waals surface area contributed by atoms with Crippen LogP contribution in [0, 0.1) is 0 Å². The minimum atomic E-state index is -0.228. The van der Waals surface area contributed by atoms with E-state index in [0.29, 0.717) is 16.1 Å².